The lowest BCUT2D eigenvalue weighted by atomic mass is 9.80. The van der Waals surface area contributed by atoms with Crippen molar-refractivity contribution in [3.05, 3.63) is 0 Å². The highest BCUT2D eigenvalue weighted by Crippen LogP contribution is 2.33. The molecule has 14 heteroatoms. The molecule has 3 rings (SSSR count). The van der Waals surface area contributed by atoms with Gasteiger partial charge in [-0.1, -0.05) is 0 Å². The van der Waals surface area contributed by atoms with Gasteiger partial charge in [0, 0.05) is 24.9 Å². The predicted octanol–water partition coefficient (Wildman–Crippen LogP) is -3.99. The number of rotatable bonds is 12. The van der Waals surface area contributed by atoms with Crippen LogP contribution in [0.4, 0.5) is 0 Å². The van der Waals surface area contributed by atoms with Gasteiger partial charge in [-0.3, -0.25) is 0 Å². The maximum absolute atomic E-state index is 11.2. The van der Waals surface area contributed by atoms with Crippen molar-refractivity contribution in [1.82, 2.24) is 0 Å². The van der Waals surface area contributed by atoms with E-state index in [1.807, 2.05) is 0 Å². The fourth-order valence-electron chi connectivity index (χ4n) is 5.68. The van der Waals surface area contributed by atoms with Crippen molar-refractivity contribution in [2.24, 2.45) is 17.8 Å². The molecular formula is C25H46O14. The van der Waals surface area contributed by atoms with Crippen molar-refractivity contribution in [3.63, 3.8) is 0 Å². The molecule has 0 amide bonds. The lowest BCUT2D eigenvalue weighted by Crippen LogP contribution is -2.58. The molecule has 230 valence electrons. The number of ether oxygens (including phenoxy) is 6. The lowest BCUT2D eigenvalue weighted by molar-refractivity contribution is -0.241. The molecule has 0 aromatic rings. The number of aliphatic hydroxyl groups excluding tert-OH is 8. The minimum atomic E-state index is -1.39. The van der Waals surface area contributed by atoms with E-state index in [0.29, 0.717) is 0 Å². The summed E-state index contributed by atoms with van der Waals surface area (Å²) in [6, 6.07) is 0. The maximum atomic E-state index is 11.2. The van der Waals surface area contributed by atoms with Gasteiger partial charge in [-0.15, -0.1) is 0 Å². The van der Waals surface area contributed by atoms with Crippen LogP contribution in [0.5, 0.6) is 0 Å². The van der Waals surface area contributed by atoms with E-state index in [-0.39, 0.29) is 39.6 Å². The van der Waals surface area contributed by atoms with Gasteiger partial charge in [0.05, 0.1) is 76.8 Å². The topological polar surface area (TPSA) is 217 Å². The van der Waals surface area contributed by atoms with E-state index in [1.54, 1.807) is 13.8 Å². The largest absolute Gasteiger partial charge is 0.394 e. The first-order valence-corrected chi connectivity index (χ1v) is 13.5. The van der Waals surface area contributed by atoms with Crippen molar-refractivity contribution in [2.75, 3.05) is 53.4 Å². The van der Waals surface area contributed by atoms with E-state index in [4.69, 9.17) is 28.4 Å². The van der Waals surface area contributed by atoms with Crippen molar-refractivity contribution in [1.29, 1.82) is 0 Å². The van der Waals surface area contributed by atoms with Gasteiger partial charge in [0.15, 0.2) is 0 Å². The van der Waals surface area contributed by atoms with E-state index in [2.05, 4.69) is 0 Å². The molecule has 3 aliphatic heterocycles. The summed E-state index contributed by atoms with van der Waals surface area (Å²) in [6.45, 7) is 2.45. The highest BCUT2D eigenvalue weighted by molar-refractivity contribution is 4.94. The Morgan fingerprint density at radius 2 is 1.03 bits per heavy atom. The highest BCUT2D eigenvalue weighted by atomic mass is 16.6. The van der Waals surface area contributed by atoms with Crippen LogP contribution >= 0.6 is 0 Å². The standard InChI is InChI=1S/C25H46O14/c1-11-13(22(30)23(31)17(5-27)37-11)7-35-9-18-21(29)15(14(6-34-3)16(4-26)39-18)8-36-10-19-24(32)25(33)20(28)12(2)38-19/h11-33H,4-10H2,1-3H3/t11?,12?,13-,14-,15+,16?,17-,18-,19-,20+,21?,22-,23?,24?,25-/m0/s1. The Hall–Kier alpha value is -0.560. The zero-order valence-electron chi connectivity index (χ0n) is 22.6. The monoisotopic (exact) mass is 570 g/mol. The summed E-state index contributed by atoms with van der Waals surface area (Å²) in [5.74, 6) is -1.59. The second-order valence-electron chi connectivity index (χ2n) is 10.8. The van der Waals surface area contributed by atoms with Gasteiger partial charge < -0.3 is 69.3 Å². The SMILES string of the molecule is COC[C@@H]1C(CO)O[C@@H](COC[C@H]2C(C)O[C@@H](CO)C(O)[C@H]2O)C(O)[C@@H]1COC[C@@H]1OC(C)[C@@H](O)[C@H](O)C1O. The average Bonchev–Trinajstić information content (AvgIpc) is 2.92. The summed E-state index contributed by atoms with van der Waals surface area (Å²) in [6.07, 6.45) is -12.1. The van der Waals surface area contributed by atoms with Crippen LogP contribution in [0.25, 0.3) is 0 Å². The molecule has 0 radical (unpaired) electrons. The first kappa shape index (κ1) is 32.9. The molecule has 3 aliphatic rings. The van der Waals surface area contributed by atoms with Crippen molar-refractivity contribution >= 4 is 0 Å². The lowest BCUT2D eigenvalue weighted by Gasteiger charge is -2.45. The normalized spacial score (nSPS) is 47.3. The number of aliphatic hydroxyl groups is 8. The van der Waals surface area contributed by atoms with Crippen molar-refractivity contribution in [2.45, 2.75) is 87.1 Å². The zero-order valence-corrected chi connectivity index (χ0v) is 22.6. The van der Waals surface area contributed by atoms with Gasteiger partial charge in [0.2, 0.25) is 0 Å². The van der Waals surface area contributed by atoms with E-state index in [1.165, 1.54) is 7.11 Å². The van der Waals surface area contributed by atoms with Gasteiger partial charge in [-0.2, -0.15) is 0 Å². The Labute approximate surface area is 228 Å². The number of methoxy groups -OCH3 is 1. The second kappa shape index (κ2) is 15.1. The smallest absolute Gasteiger partial charge is 0.111 e. The molecule has 0 bridgehead atoms. The predicted molar refractivity (Wildman–Crippen MR) is 132 cm³/mol. The van der Waals surface area contributed by atoms with E-state index >= 15 is 0 Å². The molecule has 6 unspecified atom stereocenters. The number of hydrogen-bond acceptors (Lipinski definition) is 14. The Bertz CT molecular complexity index is 716. The minimum absolute atomic E-state index is 0.00782. The molecule has 39 heavy (non-hydrogen) atoms. The quantitative estimate of drug-likeness (QED) is 0.112. The molecule has 3 fully saturated rings. The molecule has 0 saturated carbocycles. The zero-order chi connectivity index (χ0) is 28.9. The minimum Gasteiger partial charge on any atom is -0.394 e. The van der Waals surface area contributed by atoms with E-state index < -0.39 is 97.6 Å². The third-order valence-corrected chi connectivity index (χ3v) is 8.21. The van der Waals surface area contributed by atoms with Crippen molar-refractivity contribution < 1.29 is 69.3 Å². The maximum Gasteiger partial charge on any atom is 0.111 e. The molecular weight excluding hydrogens is 524 g/mol. The van der Waals surface area contributed by atoms with Crippen molar-refractivity contribution in [3.8, 4) is 0 Å². The first-order valence-electron chi connectivity index (χ1n) is 13.5. The molecule has 15 atom stereocenters. The van der Waals surface area contributed by atoms with Gasteiger partial charge in [0.1, 0.15) is 42.7 Å². The summed E-state index contributed by atoms with van der Waals surface area (Å²) in [4.78, 5) is 0. The molecule has 0 aromatic heterocycles. The fraction of sp³-hybridized carbons (Fsp3) is 1.00. The Morgan fingerprint density at radius 3 is 1.62 bits per heavy atom. The summed E-state index contributed by atoms with van der Waals surface area (Å²) < 4.78 is 33.9. The van der Waals surface area contributed by atoms with Crippen LogP contribution in [-0.2, 0) is 28.4 Å². The summed E-state index contributed by atoms with van der Waals surface area (Å²) in [5.41, 5.74) is 0. The van der Waals surface area contributed by atoms with Crippen LogP contribution in [0.2, 0.25) is 0 Å². The van der Waals surface area contributed by atoms with E-state index in [0.717, 1.165) is 0 Å². The average molecular weight is 571 g/mol. The van der Waals surface area contributed by atoms with Crippen LogP contribution in [0.15, 0.2) is 0 Å². The Kier molecular flexibility index (Phi) is 12.7. The highest BCUT2D eigenvalue weighted by Gasteiger charge is 2.47. The summed E-state index contributed by atoms with van der Waals surface area (Å²) in [5, 5.41) is 81.3. The fourth-order valence-corrected chi connectivity index (χ4v) is 5.68. The first-order chi connectivity index (χ1) is 18.5. The molecule has 14 nitrogen and oxygen atoms in total. The van der Waals surface area contributed by atoms with Crippen LogP contribution in [0.1, 0.15) is 13.8 Å². The van der Waals surface area contributed by atoms with Gasteiger partial charge in [-0.05, 0) is 13.8 Å². The third kappa shape index (κ3) is 7.64. The van der Waals surface area contributed by atoms with Crippen LogP contribution in [0, 0.1) is 17.8 Å². The third-order valence-electron chi connectivity index (χ3n) is 8.21. The summed E-state index contributed by atoms with van der Waals surface area (Å²) in [7, 11) is 1.49. The van der Waals surface area contributed by atoms with Gasteiger partial charge in [0.25, 0.3) is 0 Å². The van der Waals surface area contributed by atoms with Crippen LogP contribution in [0.3, 0.4) is 0 Å². The van der Waals surface area contributed by atoms with E-state index in [9.17, 15) is 40.9 Å². The number of hydrogen-bond donors (Lipinski definition) is 8. The molecule has 0 spiro atoms. The second-order valence-corrected chi connectivity index (χ2v) is 10.8. The molecule has 3 heterocycles. The molecule has 3 saturated heterocycles. The van der Waals surface area contributed by atoms with Crippen LogP contribution < -0.4 is 0 Å². The summed E-state index contributed by atoms with van der Waals surface area (Å²) >= 11 is 0. The van der Waals surface area contributed by atoms with Crippen LogP contribution in [-0.4, -0.2) is 167 Å². The molecule has 8 N–H and O–H groups in total. The molecule has 0 aromatic carbocycles. The Morgan fingerprint density at radius 1 is 0.487 bits per heavy atom. The molecule has 0 aliphatic carbocycles. The van der Waals surface area contributed by atoms with Gasteiger partial charge in [-0.25, -0.2) is 0 Å². The van der Waals surface area contributed by atoms with Gasteiger partial charge >= 0.3 is 0 Å². The Balaban J connectivity index is 1.59.